The van der Waals surface area contributed by atoms with Crippen LogP contribution in [0.4, 0.5) is 0 Å². The van der Waals surface area contributed by atoms with E-state index in [4.69, 9.17) is 5.73 Å². The van der Waals surface area contributed by atoms with Gasteiger partial charge < -0.3 is 11.1 Å². The maximum atomic E-state index is 6.17. The van der Waals surface area contributed by atoms with Gasteiger partial charge in [0, 0.05) is 6.21 Å². The molecule has 0 fully saturated rings. The van der Waals surface area contributed by atoms with E-state index >= 15 is 0 Å². The van der Waals surface area contributed by atoms with Crippen LogP contribution in [0, 0.1) is 0 Å². The lowest BCUT2D eigenvalue weighted by atomic mass is 10.1. The van der Waals surface area contributed by atoms with Crippen LogP contribution in [0.3, 0.4) is 0 Å². The zero-order valence-corrected chi connectivity index (χ0v) is 15.2. The summed E-state index contributed by atoms with van der Waals surface area (Å²) in [5, 5.41) is 7.21. The van der Waals surface area contributed by atoms with Crippen molar-refractivity contribution in [2.45, 2.75) is 25.7 Å². The molecule has 0 saturated heterocycles. The number of likely N-dealkylation sites (N-methyl/N-ethyl adjacent to an activating group) is 1. The zero-order chi connectivity index (χ0) is 18.8. The largest absolute Gasteiger partial charge is 0.385 e. The number of rotatable bonds is 8. The Labute approximate surface area is 154 Å². The summed E-state index contributed by atoms with van der Waals surface area (Å²) in [6, 6.07) is 9.66. The molecule has 4 N–H and O–H groups in total. The Morgan fingerprint density at radius 2 is 2.15 bits per heavy atom. The van der Waals surface area contributed by atoms with Crippen LogP contribution in [0.15, 0.2) is 63.1 Å². The van der Waals surface area contributed by atoms with Gasteiger partial charge in [0.1, 0.15) is 24.4 Å². The molecular formula is C18H26N8. The van der Waals surface area contributed by atoms with E-state index in [-0.39, 0.29) is 12.2 Å². The van der Waals surface area contributed by atoms with Gasteiger partial charge in [-0.05, 0) is 25.2 Å². The molecule has 1 aromatic carbocycles. The molecule has 0 bridgehead atoms. The average molecular weight is 354 g/mol. The van der Waals surface area contributed by atoms with E-state index < -0.39 is 0 Å². The van der Waals surface area contributed by atoms with Gasteiger partial charge in [-0.25, -0.2) is 4.99 Å². The van der Waals surface area contributed by atoms with Crippen LogP contribution < -0.4 is 16.5 Å². The highest BCUT2D eigenvalue weighted by Crippen LogP contribution is 2.10. The highest BCUT2D eigenvalue weighted by atomic mass is 15.4. The van der Waals surface area contributed by atoms with Gasteiger partial charge in [-0.3, -0.25) is 15.3 Å². The lowest BCUT2D eigenvalue weighted by Gasteiger charge is -2.35. The second-order valence-corrected chi connectivity index (χ2v) is 5.69. The number of aliphatic imine (C=N–C) groups is 3. The molecule has 0 aromatic heterocycles. The van der Waals surface area contributed by atoms with Crippen molar-refractivity contribution in [3.05, 3.63) is 48.6 Å². The van der Waals surface area contributed by atoms with Crippen molar-refractivity contribution in [2.24, 2.45) is 25.8 Å². The lowest BCUT2D eigenvalue weighted by molar-refractivity contribution is 0.224. The Kier molecular flexibility index (Phi) is 7.50. The maximum absolute atomic E-state index is 6.17. The predicted molar refractivity (Wildman–Crippen MR) is 109 cm³/mol. The number of allylic oxidation sites excluding steroid dienone is 1. The number of hydrogen-bond acceptors (Lipinski definition) is 5. The summed E-state index contributed by atoms with van der Waals surface area (Å²) in [4.78, 5) is 15.5. The normalized spacial score (nSPS) is 22.0. The summed E-state index contributed by atoms with van der Waals surface area (Å²) in [7, 11) is 2.00. The predicted octanol–water partition coefficient (Wildman–Crippen LogP) is 0.939. The van der Waals surface area contributed by atoms with Crippen LogP contribution >= 0.6 is 0 Å². The molecule has 2 rings (SSSR count). The van der Waals surface area contributed by atoms with Crippen molar-refractivity contribution in [2.75, 3.05) is 13.6 Å². The van der Waals surface area contributed by atoms with Gasteiger partial charge in [-0.2, -0.15) is 10.1 Å². The summed E-state index contributed by atoms with van der Waals surface area (Å²) < 4.78 is 0. The number of nitrogens with one attached hydrogen (secondary N) is 2. The van der Waals surface area contributed by atoms with Crippen molar-refractivity contribution in [3.63, 3.8) is 0 Å². The van der Waals surface area contributed by atoms with Crippen molar-refractivity contribution in [1.82, 2.24) is 15.6 Å². The van der Waals surface area contributed by atoms with E-state index in [1.165, 1.54) is 12.6 Å². The van der Waals surface area contributed by atoms with Crippen LogP contribution in [-0.2, 0) is 6.54 Å². The topological polar surface area (TPSA) is 103 Å². The molecule has 8 heteroatoms. The van der Waals surface area contributed by atoms with Gasteiger partial charge in [0.2, 0.25) is 5.96 Å². The monoisotopic (exact) mass is 354 g/mol. The van der Waals surface area contributed by atoms with Crippen LogP contribution in [-0.4, -0.2) is 55.0 Å². The first kappa shape index (κ1) is 19.3. The molecule has 1 aliphatic rings. The fourth-order valence-corrected chi connectivity index (χ4v) is 2.37. The molecule has 26 heavy (non-hydrogen) atoms. The van der Waals surface area contributed by atoms with E-state index in [0.717, 1.165) is 12.1 Å². The number of nitrogens with two attached hydrogens (primary N) is 1. The van der Waals surface area contributed by atoms with Gasteiger partial charge in [-0.1, -0.05) is 43.8 Å². The van der Waals surface area contributed by atoms with Crippen LogP contribution in [0.1, 0.15) is 12.5 Å². The SMILES string of the molecule is C=C/C=N\NC=NC1C(N)=NC(=NCc2ccccc2)NC1N(C)CC. The third-order valence-electron chi connectivity index (χ3n) is 3.89. The number of hydrogen-bond donors (Lipinski definition) is 3. The van der Waals surface area contributed by atoms with E-state index in [9.17, 15) is 0 Å². The molecular weight excluding hydrogens is 328 g/mol. The Hall–Kier alpha value is -3.00. The van der Waals surface area contributed by atoms with Crippen molar-refractivity contribution >= 4 is 24.3 Å². The number of benzene rings is 1. The van der Waals surface area contributed by atoms with E-state index in [1.54, 1.807) is 6.08 Å². The van der Waals surface area contributed by atoms with Gasteiger partial charge in [-0.15, -0.1) is 0 Å². The fourth-order valence-electron chi connectivity index (χ4n) is 2.37. The third kappa shape index (κ3) is 5.52. The lowest BCUT2D eigenvalue weighted by Crippen LogP contribution is -2.60. The smallest absolute Gasteiger partial charge is 0.221 e. The van der Waals surface area contributed by atoms with Gasteiger partial charge in [0.05, 0.1) is 6.54 Å². The summed E-state index contributed by atoms with van der Waals surface area (Å²) in [5.74, 6) is 0.923. The zero-order valence-electron chi connectivity index (χ0n) is 15.2. The van der Waals surface area contributed by atoms with Crippen molar-refractivity contribution in [1.29, 1.82) is 0 Å². The number of hydrazone groups is 1. The molecule has 0 aliphatic carbocycles. The van der Waals surface area contributed by atoms with Crippen molar-refractivity contribution < 1.29 is 0 Å². The molecule has 1 aliphatic heterocycles. The minimum Gasteiger partial charge on any atom is -0.385 e. The second-order valence-electron chi connectivity index (χ2n) is 5.69. The van der Waals surface area contributed by atoms with Gasteiger partial charge >= 0.3 is 0 Å². The first-order valence-corrected chi connectivity index (χ1v) is 8.46. The molecule has 1 aromatic rings. The first-order valence-electron chi connectivity index (χ1n) is 8.46. The molecule has 0 spiro atoms. The standard InChI is InChI=1S/C18H26N8/c1-4-11-22-23-13-21-15-16(19)24-18(25-17(15)26(3)5-2)20-12-14-9-7-6-8-10-14/h4,6-11,13,15,17H,1,5,12H2,2-3H3,(H,21,23)(H3,19,20,24,25)/b22-11-. The van der Waals surface area contributed by atoms with E-state index in [0.29, 0.717) is 18.3 Å². The number of nitrogens with zero attached hydrogens (tertiary/aromatic N) is 5. The highest BCUT2D eigenvalue weighted by Gasteiger charge is 2.32. The fraction of sp³-hybridized carbons (Fsp3) is 0.333. The first-order chi connectivity index (χ1) is 12.7. The molecule has 8 nitrogen and oxygen atoms in total. The third-order valence-corrected chi connectivity index (χ3v) is 3.89. The van der Waals surface area contributed by atoms with Crippen LogP contribution in [0.2, 0.25) is 0 Å². The summed E-state index contributed by atoms with van der Waals surface area (Å²) in [5.41, 5.74) is 9.99. The summed E-state index contributed by atoms with van der Waals surface area (Å²) in [6.07, 6.45) is 4.46. The van der Waals surface area contributed by atoms with Crippen molar-refractivity contribution in [3.8, 4) is 0 Å². The Morgan fingerprint density at radius 1 is 1.38 bits per heavy atom. The van der Waals surface area contributed by atoms with Gasteiger partial charge in [0.15, 0.2) is 0 Å². The number of guanidine groups is 1. The molecule has 0 amide bonds. The van der Waals surface area contributed by atoms with E-state index in [1.807, 2.05) is 37.4 Å². The number of amidine groups is 1. The quantitative estimate of drug-likeness (QED) is 0.367. The summed E-state index contributed by atoms with van der Waals surface area (Å²) >= 11 is 0. The second kappa shape index (κ2) is 10.1. The minimum atomic E-state index is -0.345. The Bertz CT molecular complexity index is 692. The van der Waals surface area contributed by atoms with Crippen LogP contribution in [0.5, 0.6) is 0 Å². The molecule has 2 atom stereocenters. The summed E-state index contributed by atoms with van der Waals surface area (Å²) in [6.45, 7) is 6.98. The maximum Gasteiger partial charge on any atom is 0.221 e. The Morgan fingerprint density at radius 3 is 2.85 bits per heavy atom. The average Bonchev–Trinajstić information content (AvgIpc) is 2.67. The molecule has 138 valence electrons. The molecule has 1 heterocycles. The molecule has 0 saturated carbocycles. The van der Waals surface area contributed by atoms with E-state index in [2.05, 4.69) is 49.2 Å². The highest BCUT2D eigenvalue weighted by molar-refractivity contribution is 6.01. The van der Waals surface area contributed by atoms with Crippen LogP contribution in [0.25, 0.3) is 0 Å². The minimum absolute atomic E-state index is 0.145. The molecule has 2 unspecified atom stereocenters. The van der Waals surface area contributed by atoms with Gasteiger partial charge in [0.25, 0.3) is 0 Å². The molecule has 0 radical (unpaired) electrons. The Balaban J connectivity index is 2.15.